The Labute approximate surface area is 109 Å². The van der Waals surface area contributed by atoms with Gasteiger partial charge in [0.1, 0.15) is 11.6 Å². The summed E-state index contributed by atoms with van der Waals surface area (Å²) in [5.74, 6) is -4.86. The number of rotatable bonds is 2. The fraction of sp³-hybridized carbons (Fsp3) is 0.571. The van der Waals surface area contributed by atoms with Crippen LogP contribution >= 0.6 is 0 Å². The Kier molecular flexibility index (Phi) is 3.85. The Hall–Kier alpha value is -1.10. The van der Waals surface area contributed by atoms with Crippen molar-refractivity contribution in [3.63, 3.8) is 0 Å². The second-order valence-corrected chi connectivity index (χ2v) is 5.23. The molecule has 0 bridgehead atoms. The minimum Gasteiger partial charge on any atom is -0.388 e. The van der Waals surface area contributed by atoms with E-state index in [0.717, 1.165) is 6.07 Å². The lowest BCUT2D eigenvalue weighted by Crippen LogP contribution is -2.28. The van der Waals surface area contributed by atoms with Crippen LogP contribution in [-0.2, 0) is 0 Å². The summed E-state index contributed by atoms with van der Waals surface area (Å²) in [5.41, 5.74) is -0.160. The molecule has 1 aliphatic carbocycles. The lowest BCUT2D eigenvalue weighted by Gasteiger charge is -2.31. The molecular weight excluding hydrogens is 260 g/mol. The molecule has 1 unspecified atom stereocenters. The smallest absolute Gasteiger partial charge is 0.248 e. The first-order valence-corrected chi connectivity index (χ1v) is 6.32. The lowest BCUT2D eigenvalue weighted by atomic mass is 9.80. The molecule has 1 aromatic rings. The van der Waals surface area contributed by atoms with E-state index in [0.29, 0.717) is 0 Å². The maximum atomic E-state index is 13.9. The molecule has 1 aromatic carbocycles. The van der Waals surface area contributed by atoms with Gasteiger partial charge in [-0.15, -0.1) is 0 Å². The zero-order valence-electron chi connectivity index (χ0n) is 10.6. The summed E-state index contributed by atoms with van der Waals surface area (Å²) in [6.07, 6.45) is -1.91. The van der Waals surface area contributed by atoms with Crippen molar-refractivity contribution in [2.75, 3.05) is 0 Å². The van der Waals surface area contributed by atoms with Crippen LogP contribution in [0, 0.1) is 24.5 Å². The summed E-state index contributed by atoms with van der Waals surface area (Å²) in [7, 11) is 0. The summed E-state index contributed by atoms with van der Waals surface area (Å²) in [6, 6.07) is 2.38. The van der Waals surface area contributed by atoms with Gasteiger partial charge >= 0.3 is 0 Å². The fourth-order valence-electron chi connectivity index (χ4n) is 2.56. The van der Waals surface area contributed by atoms with Crippen molar-refractivity contribution < 1.29 is 22.7 Å². The van der Waals surface area contributed by atoms with Gasteiger partial charge in [-0.25, -0.2) is 17.6 Å². The van der Waals surface area contributed by atoms with Crippen LogP contribution in [-0.4, -0.2) is 11.0 Å². The third-order valence-corrected chi connectivity index (χ3v) is 3.82. The Bertz CT molecular complexity index is 463. The molecule has 106 valence electrons. The van der Waals surface area contributed by atoms with E-state index in [2.05, 4.69) is 0 Å². The summed E-state index contributed by atoms with van der Waals surface area (Å²) in [4.78, 5) is 0. The van der Waals surface area contributed by atoms with E-state index in [1.54, 1.807) is 0 Å². The van der Waals surface area contributed by atoms with Crippen LogP contribution in [0.25, 0.3) is 0 Å². The van der Waals surface area contributed by atoms with Gasteiger partial charge in [-0.1, -0.05) is 6.07 Å². The predicted molar refractivity (Wildman–Crippen MR) is 63.0 cm³/mol. The van der Waals surface area contributed by atoms with Crippen LogP contribution < -0.4 is 0 Å². The second kappa shape index (κ2) is 5.12. The van der Waals surface area contributed by atoms with Crippen LogP contribution in [0.1, 0.15) is 42.9 Å². The highest BCUT2D eigenvalue weighted by Crippen LogP contribution is 2.42. The van der Waals surface area contributed by atoms with Crippen molar-refractivity contribution in [1.82, 2.24) is 0 Å². The van der Waals surface area contributed by atoms with Crippen molar-refractivity contribution in [1.29, 1.82) is 0 Å². The zero-order valence-corrected chi connectivity index (χ0v) is 10.6. The summed E-state index contributed by atoms with van der Waals surface area (Å²) in [5, 5.41) is 10.1. The van der Waals surface area contributed by atoms with Gasteiger partial charge < -0.3 is 5.11 Å². The molecular formula is C14H16F4O. The van der Waals surface area contributed by atoms with Crippen molar-refractivity contribution in [2.24, 2.45) is 5.92 Å². The maximum Gasteiger partial charge on any atom is 0.248 e. The first-order chi connectivity index (χ1) is 8.82. The SMILES string of the molecule is Cc1ccc(F)c(C(O)C2CCC(F)(F)CC2)c1F. The summed E-state index contributed by atoms with van der Waals surface area (Å²) in [6.45, 7) is 1.47. The molecule has 2 rings (SSSR count). The Morgan fingerprint density at radius 1 is 1.21 bits per heavy atom. The monoisotopic (exact) mass is 276 g/mol. The van der Waals surface area contributed by atoms with Gasteiger partial charge in [0, 0.05) is 12.8 Å². The molecule has 0 aliphatic heterocycles. The van der Waals surface area contributed by atoms with E-state index >= 15 is 0 Å². The largest absolute Gasteiger partial charge is 0.388 e. The Balaban J connectivity index is 2.21. The molecule has 0 heterocycles. The standard InChI is InChI=1S/C14H16F4O/c1-8-2-3-10(15)11(12(8)16)13(19)9-4-6-14(17,18)7-5-9/h2-3,9,13,19H,4-7H2,1H3. The normalized spacial score (nSPS) is 21.4. The summed E-state index contributed by atoms with van der Waals surface area (Å²) >= 11 is 0. The quantitative estimate of drug-likeness (QED) is 0.805. The van der Waals surface area contributed by atoms with Crippen LogP contribution in [0.4, 0.5) is 17.6 Å². The van der Waals surface area contributed by atoms with E-state index in [-0.39, 0.29) is 31.2 Å². The molecule has 0 radical (unpaired) electrons. The van der Waals surface area contributed by atoms with Gasteiger partial charge in [0.2, 0.25) is 5.92 Å². The van der Waals surface area contributed by atoms with Crippen molar-refractivity contribution in [3.05, 3.63) is 34.9 Å². The molecule has 0 saturated heterocycles. The third kappa shape index (κ3) is 2.91. The van der Waals surface area contributed by atoms with Gasteiger partial charge in [-0.2, -0.15) is 0 Å². The molecule has 1 nitrogen and oxygen atoms in total. The average molecular weight is 276 g/mol. The lowest BCUT2D eigenvalue weighted by molar-refractivity contribution is -0.0634. The van der Waals surface area contributed by atoms with Crippen LogP contribution in [0.2, 0.25) is 0 Å². The molecule has 1 fully saturated rings. The van der Waals surface area contributed by atoms with Gasteiger partial charge in [0.15, 0.2) is 0 Å². The first-order valence-electron chi connectivity index (χ1n) is 6.32. The number of alkyl halides is 2. The van der Waals surface area contributed by atoms with Crippen LogP contribution in [0.5, 0.6) is 0 Å². The van der Waals surface area contributed by atoms with Crippen molar-refractivity contribution in [2.45, 2.75) is 44.6 Å². The molecule has 1 N–H and O–H groups in total. The number of halogens is 4. The number of aliphatic hydroxyl groups is 1. The molecule has 1 atom stereocenters. The number of hydrogen-bond acceptors (Lipinski definition) is 1. The van der Waals surface area contributed by atoms with Crippen molar-refractivity contribution in [3.8, 4) is 0 Å². The van der Waals surface area contributed by atoms with E-state index < -0.39 is 35.1 Å². The number of hydrogen-bond donors (Lipinski definition) is 1. The average Bonchev–Trinajstić information content (AvgIpc) is 2.34. The van der Waals surface area contributed by atoms with E-state index in [9.17, 15) is 22.7 Å². The number of aryl methyl sites for hydroxylation is 1. The molecule has 1 saturated carbocycles. The first kappa shape index (κ1) is 14.3. The van der Waals surface area contributed by atoms with Crippen LogP contribution in [0.3, 0.4) is 0 Å². The predicted octanol–water partition coefficient (Wildman–Crippen LogP) is 4.13. The number of aliphatic hydroxyl groups excluding tert-OH is 1. The Morgan fingerprint density at radius 2 is 1.79 bits per heavy atom. The second-order valence-electron chi connectivity index (χ2n) is 5.23. The topological polar surface area (TPSA) is 20.2 Å². The highest BCUT2D eigenvalue weighted by molar-refractivity contribution is 5.28. The molecule has 0 aromatic heterocycles. The van der Waals surface area contributed by atoms with Gasteiger partial charge in [0.05, 0.1) is 11.7 Å². The zero-order chi connectivity index (χ0) is 14.2. The third-order valence-electron chi connectivity index (χ3n) is 3.82. The van der Waals surface area contributed by atoms with Gasteiger partial charge in [-0.05, 0) is 37.3 Å². The fourth-order valence-corrected chi connectivity index (χ4v) is 2.56. The maximum absolute atomic E-state index is 13.9. The van der Waals surface area contributed by atoms with E-state index in [1.807, 2.05) is 0 Å². The van der Waals surface area contributed by atoms with Gasteiger partial charge in [-0.3, -0.25) is 0 Å². The van der Waals surface area contributed by atoms with Crippen LogP contribution in [0.15, 0.2) is 12.1 Å². The minimum atomic E-state index is -2.72. The number of benzene rings is 1. The van der Waals surface area contributed by atoms with Crippen molar-refractivity contribution >= 4 is 0 Å². The molecule has 1 aliphatic rings. The minimum absolute atomic E-state index is 0.0704. The van der Waals surface area contributed by atoms with E-state index in [4.69, 9.17) is 0 Å². The Morgan fingerprint density at radius 3 is 2.37 bits per heavy atom. The van der Waals surface area contributed by atoms with Gasteiger partial charge in [0.25, 0.3) is 0 Å². The highest BCUT2D eigenvalue weighted by Gasteiger charge is 2.38. The molecule has 5 heteroatoms. The molecule has 0 amide bonds. The molecule has 19 heavy (non-hydrogen) atoms. The highest BCUT2D eigenvalue weighted by atomic mass is 19.3. The molecule has 0 spiro atoms. The van der Waals surface area contributed by atoms with E-state index in [1.165, 1.54) is 13.0 Å². The summed E-state index contributed by atoms with van der Waals surface area (Å²) < 4.78 is 53.6.